The number of rotatable bonds is 2. The lowest BCUT2D eigenvalue weighted by Gasteiger charge is -2.12. The molecule has 0 fully saturated rings. The number of carbonyl (C=O) groups excluding carboxylic acids is 4. The number of urea groups is 1. The number of nitrogens with zero attached hydrogens (tertiary/aromatic N) is 3. The SMILES string of the molecule is O=C=NNC(=O)N(N=C=O)C(=O)[O-]. The van der Waals surface area contributed by atoms with Gasteiger partial charge in [0.25, 0.3) is 12.2 Å². The van der Waals surface area contributed by atoms with E-state index in [2.05, 4.69) is 10.2 Å². The predicted octanol–water partition coefficient (Wildman–Crippen LogP) is -2.16. The van der Waals surface area contributed by atoms with Gasteiger partial charge in [-0.15, -0.1) is 0 Å². The fraction of sp³-hybridized carbons (Fsp3) is 0. The number of amides is 3. The van der Waals surface area contributed by atoms with Crippen molar-refractivity contribution in [3.05, 3.63) is 0 Å². The molecule has 0 aromatic heterocycles. The Hall–Kier alpha value is -2.50. The molecule has 0 aromatic carbocycles. The fourth-order valence-electron chi connectivity index (χ4n) is 0.328. The number of carbonyl (C=O) groups is 2. The fourth-order valence-corrected chi connectivity index (χ4v) is 0.328. The van der Waals surface area contributed by atoms with E-state index >= 15 is 0 Å². The minimum absolute atomic E-state index is 0.395. The minimum atomic E-state index is -2.07. The van der Waals surface area contributed by atoms with Crippen LogP contribution in [0.5, 0.6) is 0 Å². The average Bonchev–Trinajstić information content (AvgIpc) is 2.09. The van der Waals surface area contributed by atoms with Gasteiger partial charge in [0, 0.05) is 0 Å². The smallest absolute Gasteiger partial charge is 0.365 e. The zero-order chi connectivity index (χ0) is 10.3. The summed E-state index contributed by atoms with van der Waals surface area (Å²) >= 11 is 0. The van der Waals surface area contributed by atoms with Gasteiger partial charge in [-0.25, -0.2) is 19.8 Å². The second kappa shape index (κ2) is 5.19. The summed E-state index contributed by atoms with van der Waals surface area (Å²) in [6.45, 7) is 0. The molecule has 9 heteroatoms. The van der Waals surface area contributed by atoms with Crippen LogP contribution in [0.2, 0.25) is 0 Å². The van der Waals surface area contributed by atoms with Gasteiger partial charge < -0.3 is 9.90 Å². The second-order valence-electron chi connectivity index (χ2n) is 1.39. The number of imide groups is 1. The zero-order valence-electron chi connectivity index (χ0n) is 5.88. The van der Waals surface area contributed by atoms with Crippen LogP contribution in [0.4, 0.5) is 9.59 Å². The van der Waals surface area contributed by atoms with E-state index in [1.165, 1.54) is 5.43 Å². The van der Waals surface area contributed by atoms with Crippen molar-refractivity contribution in [1.82, 2.24) is 10.4 Å². The molecule has 0 spiro atoms. The van der Waals surface area contributed by atoms with Crippen LogP contribution in [0, 0.1) is 0 Å². The Bertz CT molecular complexity index is 310. The van der Waals surface area contributed by atoms with Crippen LogP contribution in [-0.4, -0.2) is 29.3 Å². The van der Waals surface area contributed by atoms with E-state index in [1.807, 2.05) is 0 Å². The number of isocyanates is 2. The lowest BCUT2D eigenvalue weighted by atomic mass is 10.9. The van der Waals surface area contributed by atoms with Crippen LogP contribution in [0.1, 0.15) is 0 Å². The Balaban J connectivity index is 4.55. The van der Waals surface area contributed by atoms with E-state index in [0.29, 0.717) is 0 Å². The maximum absolute atomic E-state index is 10.6. The van der Waals surface area contributed by atoms with Crippen molar-refractivity contribution in [3.63, 3.8) is 0 Å². The second-order valence-corrected chi connectivity index (χ2v) is 1.39. The molecule has 0 aliphatic heterocycles. The van der Waals surface area contributed by atoms with Gasteiger partial charge >= 0.3 is 6.03 Å². The lowest BCUT2D eigenvalue weighted by Crippen LogP contribution is -2.45. The predicted molar refractivity (Wildman–Crippen MR) is 32.0 cm³/mol. The number of hydrazone groups is 2. The molecule has 0 heterocycles. The molecular formula is C4HN4O5-. The molecule has 0 rings (SSSR count). The monoisotopic (exact) mass is 185 g/mol. The van der Waals surface area contributed by atoms with E-state index in [9.17, 15) is 24.3 Å². The summed E-state index contributed by atoms with van der Waals surface area (Å²) in [5.41, 5.74) is 1.39. The van der Waals surface area contributed by atoms with Crippen molar-refractivity contribution >= 4 is 24.3 Å². The first-order valence-corrected chi connectivity index (χ1v) is 2.59. The third kappa shape index (κ3) is 3.42. The zero-order valence-corrected chi connectivity index (χ0v) is 5.88. The summed E-state index contributed by atoms with van der Waals surface area (Å²) < 4.78 is 0. The van der Waals surface area contributed by atoms with Crippen molar-refractivity contribution in [1.29, 1.82) is 0 Å². The van der Waals surface area contributed by atoms with Gasteiger partial charge in [-0.05, 0) is 0 Å². The van der Waals surface area contributed by atoms with Gasteiger partial charge in [-0.2, -0.15) is 5.01 Å². The minimum Gasteiger partial charge on any atom is -0.528 e. The quantitative estimate of drug-likeness (QED) is 0.297. The van der Waals surface area contributed by atoms with Crippen molar-refractivity contribution < 1.29 is 24.3 Å². The highest BCUT2D eigenvalue weighted by Gasteiger charge is 2.12. The Kier molecular flexibility index (Phi) is 4.19. The molecule has 0 bridgehead atoms. The highest BCUT2D eigenvalue weighted by atomic mass is 16.4. The standard InChI is InChI=1S/C4H2N4O5/c9-1-5-7-3(11)8(4(12)13)6-2-10/h(H,7,11)(H,12,13)/p-1. The Morgan fingerprint density at radius 3 is 2.31 bits per heavy atom. The Morgan fingerprint density at radius 2 is 1.92 bits per heavy atom. The largest absolute Gasteiger partial charge is 0.528 e. The third-order valence-corrected chi connectivity index (χ3v) is 0.703. The number of nitrogens with one attached hydrogen (secondary N) is 1. The molecule has 68 valence electrons. The average molecular weight is 185 g/mol. The van der Waals surface area contributed by atoms with Crippen molar-refractivity contribution in [3.8, 4) is 0 Å². The summed E-state index contributed by atoms with van der Waals surface area (Å²) in [4.78, 5) is 39.7. The molecule has 0 aliphatic carbocycles. The van der Waals surface area contributed by atoms with E-state index < -0.39 is 17.1 Å². The first-order valence-electron chi connectivity index (χ1n) is 2.59. The van der Waals surface area contributed by atoms with Crippen LogP contribution < -0.4 is 10.5 Å². The van der Waals surface area contributed by atoms with Crippen LogP contribution in [-0.2, 0) is 9.59 Å². The van der Waals surface area contributed by atoms with Gasteiger partial charge in [0.15, 0.2) is 6.09 Å². The van der Waals surface area contributed by atoms with Gasteiger partial charge in [-0.3, -0.25) is 0 Å². The van der Waals surface area contributed by atoms with Gasteiger partial charge in [0.2, 0.25) is 0 Å². The summed E-state index contributed by atoms with van der Waals surface area (Å²) in [6.07, 6.45) is -0.385. The third-order valence-electron chi connectivity index (χ3n) is 0.703. The summed E-state index contributed by atoms with van der Waals surface area (Å²) in [5.74, 6) is 0. The van der Waals surface area contributed by atoms with E-state index in [0.717, 1.165) is 12.2 Å². The molecule has 3 amide bonds. The molecule has 0 atom stereocenters. The van der Waals surface area contributed by atoms with Gasteiger partial charge in [0.1, 0.15) is 0 Å². The molecule has 0 aliphatic rings. The molecule has 13 heavy (non-hydrogen) atoms. The highest BCUT2D eigenvalue weighted by Crippen LogP contribution is 1.87. The van der Waals surface area contributed by atoms with Crippen molar-refractivity contribution in [2.75, 3.05) is 0 Å². The van der Waals surface area contributed by atoms with Crippen molar-refractivity contribution in [2.45, 2.75) is 0 Å². The summed E-state index contributed by atoms with van der Waals surface area (Å²) in [6, 6.07) is -1.45. The molecule has 9 nitrogen and oxygen atoms in total. The van der Waals surface area contributed by atoms with Crippen LogP contribution in [0.25, 0.3) is 0 Å². The van der Waals surface area contributed by atoms with Crippen LogP contribution in [0.15, 0.2) is 10.2 Å². The molecule has 0 unspecified atom stereocenters. The lowest BCUT2D eigenvalue weighted by molar-refractivity contribution is -0.261. The molecule has 0 saturated heterocycles. The van der Waals surface area contributed by atoms with Gasteiger partial charge in [0.05, 0.1) is 0 Å². The van der Waals surface area contributed by atoms with Crippen LogP contribution >= 0.6 is 0 Å². The maximum Gasteiger partial charge on any atom is 0.365 e. The normalized spacial score (nSPS) is 7.38. The molecular weight excluding hydrogens is 184 g/mol. The van der Waals surface area contributed by atoms with E-state index in [1.54, 1.807) is 0 Å². The summed E-state index contributed by atoms with van der Waals surface area (Å²) in [7, 11) is 0. The Labute approximate surface area is 70.3 Å². The molecule has 0 radical (unpaired) electrons. The van der Waals surface area contributed by atoms with E-state index in [4.69, 9.17) is 0 Å². The van der Waals surface area contributed by atoms with E-state index in [-0.39, 0.29) is 0 Å². The maximum atomic E-state index is 10.6. The molecule has 0 aromatic rings. The number of hydrogen-bond acceptors (Lipinski definition) is 7. The van der Waals surface area contributed by atoms with Crippen molar-refractivity contribution in [2.24, 2.45) is 10.2 Å². The highest BCUT2D eigenvalue weighted by molar-refractivity contribution is 5.89. The summed E-state index contributed by atoms with van der Waals surface area (Å²) in [5, 5.41) is 14.6. The first kappa shape index (κ1) is 10.5. The molecule has 1 N–H and O–H groups in total. The number of hydrogen-bond donors (Lipinski definition) is 1. The number of carboxylic acid groups (broad SMARTS) is 1. The van der Waals surface area contributed by atoms with Gasteiger partial charge in [-0.1, -0.05) is 10.2 Å². The topological polar surface area (TPSA) is 131 Å². The van der Waals surface area contributed by atoms with Crippen LogP contribution in [0.3, 0.4) is 0 Å². The first-order chi connectivity index (χ1) is 6.13. The molecule has 0 saturated carbocycles. The Morgan fingerprint density at radius 1 is 1.31 bits per heavy atom.